The summed E-state index contributed by atoms with van der Waals surface area (Å²) >= 11 is 1.80. The summed E-state index contributed by atoms with van der Waals surface area (Å²) in [7, 11) is 0. The highest BCUT2D eigenvalue weighted by Crippen LogP contribution is 2.20. The van der Waals surface area contributed by atoms with E-state index in [1.807, 2.05) is 6.92 Å². The molecule has 2 N–H and O–H groups in total. The number of rotatable bonds is 5. The molecule has 2 rings (SSSR count). The van der Waals surface area contributed by atoms with Crippen LogP contribution in [0.2, 0.25) is 0 Å². The normalized spacial score (nSPS) is 24.1. The molecule has 1 saturated heterocycles. The Balaban J connectivity index is 1.63. The summed E-state index contributed by atoms with van der Waals surface area (Å²) in [5, 5.41) is 6.58. The predicted molar refractivity (Wildman–Crippen MR) is 73.3 cm³/mol. The Bertz CT molecular complexity index is 250. The van der Waals surface area contributed by atoms with Gasteiger partial charge in [-0.2, -0.15) is 0 Å². The summed E-state index contributed by atoms with van der Waals surface area (Å²) in [6.45, 7) is 4.29. The van der Waals surface area contributed by atoms with Crippen molar-refractivity contribution < 1.29 is 4.79 Å². The fourth-order valence-electron chi connectivity index (χ4n) is 2.39. The molecule has 98 valence electrons. The Kier molecular flexibility index (Phi) is 5.16. The van der Waals surface area contributed by atoms with Crippen LogP contribution in [0.4, 0.5) is 0 Å². The smallest absolute Gasteiger partial charge is 0.233 e. The van der Waals surface area contributed by atoms with Crippen LogP contribution in [0.15, 0.2) is 0 Å². The Morgan fingerprint density at radius 1 is 1.35 bits per heavy atom. The number of thioether (sulfide) groups is 1. The number of amides is 1. The average molecular weight is 256 g/mol. The van der Waals surface area contributed by atoms with Crippen LogP contribution in [0.1, 0.15) is 39.0 Å². The Morgan fingerprint density at radius 2 is 2.06 bits per heavy atom. The molecule has 3 nitrogen and oxygen atoms in total. The summed E-state index contributed by atoms with van der Waals surface area (Å²) in [5.41, 5.74) is 0. The lowest BCUT2D eigenvalue weighted by Gasteiger charge is -2.28. The van der Waals surface area contributed by atoms with Crippen LogP contribution in [0.5, 0.6) is 0 Å². The molecule has 1 heterocycles. The van der Waals surface area contributed by atoms with Crippen LogP contribution in [0.25, 0.3) is 0 Å². The lowest BCUT2D eigenvalue weighted by atomic mass is 9.95. The Labute approximate surface area is 108 Å². The van der Waals surface area contributed by atoms with Gasteiger partial charge in [-0.1, -0.05) is 19.3 Å². The van der Waals surface area contributed by atoms with E-state index in [4.69, 9.17) is 0 Å². The topological polar surface area (TPSA) is 41.1 Å². The molecular weight excluding hydrogens is 232 g/mol. The molecule has 0 bridgehead atoms. The highest BCUT2D eigenvalue weighted by molar-refractivity contribution is 8.00. The van der Waals surface area contributed by atoms with Gasteiger partial charge in [0.05, 0.1) is 5.25 Å². The summed E-state index contributed by atoms with van der Waals surface area (Å²) in [5.74, 6) is 2.14. The van der Waals surface area contributed by atoms with Gasteiger partial charge in [-0.25, -0.2) is 0 Å². The third-order valence-electron chi connectivity index (χ3n) is 3.77. The SMILES string of the molecule is CC(SCC1CNC1)C(=O)NC1CCCCC1. The predicted octanol–water partition coefficient (Wildman–Crippen LogP) is 1.78. The standard InChI is InChI=1S/C13H24N2OS/c1-10(17-9-11-7-14-8-11)13(16)15-12-5-3-2-4-6-12/h10-12,14H,2-9H2,1H3,(H,15,16). The van der Waals surface area contributed by atoms with Crippen LogP contribution in [0, 0.1) is 5.92 Å². The second-order valence-electron chi connectivity index (χ2n) is 5.34. The molecule has 0 spiro atoms. The lowest BCUT2D eigenvalue weighted by Crippen LogP contribution is -2.44. The third-order valence-corrected chi connectivity index (χ3v) is 5.15. The number of carbonyl (C=O) groups excluding carboxylic acids is 1. The van der Waals surface area contributed by atoms with Gasteiger partial charge in [-0.05, 0) is 44.5 Å². The van der Waals surface area contributed by atoms with Gasteiger partial charge in [0.1, 0.15) is 0 Å². The highest BCUT2D eigenvalue weighted by Gasteiger charge is 2.22. The molecule has 17 heavy (non-hydrogen) atoms. The van der Waals surface area contributed by atoms with Gasteiger partial charge in [0.25, 0.3) is 0 Å². The van der Waals surface area contributed by atoms with Crippen LogP contribution in [0.3, 0.4) is 0 Å². The summed E-state index contributed by atoms with van der Waals surface area (Å²) in [4.78, 5) is 12.0. The maximum Gasteiger partial charge on any atom is 0.233 e. The number of hydrogen-bond acceptors (Lipinski definition) is 3. The minimum atomic E-state index is 0.109. The molecule has 1 aliphatic heterocycles. The molecule has 0 aromatic carbocycles. The van der Waals surface area contributed by atoms with E-state index in [9.17, 15) is 4.79 Å². The lowest BCUT2D eigenvalue weighted by molar-refractivity contribution is -0.121. The molecule has 4 heteroatoms. The zero-order chi connectivity index (χ0) is 12.1. The second kappa shape index (κ2) is 6.64. The van der Waals surface area contributed by atoms with E-state index in [-0.39, 0.29) is 11.2 Å². The number of carbonyl (C=O) groups is 1. The van der Waals surface area contributed by atoms with Crippen LogP contribution < -0.4 is 10.6 Å². The van der Waals surface area contributed by atoms with Crippen molar-refractivity contribution in [1.82, 2.24) is 10.6 Å². The quantitative estimate of drug-likeness (QED) is 0.788. The number of hydrogen-bond donors (Lipinski definition) is 2. The van der Waals surface area contributed by atoms with E-state index in [2.05, 4.69) is 10.6 Å². The van der Waals surface area contributed by atoms with E-state index in [1.165, 1.54) is 32.1 Å². The molecule has 0 radical (unpaired) electrons. The first-order valence-corrected chi connectivity index (χ1v) is 7.93. The minimum Gasteiger partial charge on any atom is -0.352 e. The van der Waals surface area contributed by atoms with Gasteiger partial charge in [0.2, 0.25) is 5.91 Å². The summed E-state index contributed by atoms with van der Waals surface area (Å²) in [6.07, 6.45) is 6.25. The highest BCUT2D eigenvalue weighted by atomic mass is 32.2. The minimum absolute atomic E-state index is 0.109. The van der Waals surface area contributed by atoms with E-state index in [0.29, 0.717) is 6.04 Å². The monoisotopic (exact) mass is 256 g/mol. The largest absolute Gasteiger partial charge is 0.352 e. The van der Waals surface area contributed by atoms with Crippen molar-refractivity contribution in [3.8, 4) is 0 Å². The fourth-order valence-corrected chi connectivity index (χ4v) is 3.40. The zero-order valence-electron chi connectivity index (χ0n) is 10.7. The Morgan fingerprint density at radius 3 is 2.65 bits per heavy atom. The van der Waals surface area contributed by atoms with Crippen molar-refractivity contribution in [3.05, 3.63) is 0 Å². The second-order valence-corrected chi connectivity index (χ2v) is 6.72. The third kappa shape index (κ3) is 4.18. The van der Waals surface area contributed by atoms with Crippen LogP contribution in [-0.2, 0) is 4.79 Å². The molecular formula is C13H24N2OS. The molecule has 1 saturated carbocycles. The van der Waals surface area contributed by atoms with Crippen LogP contribution >= 0.6 is 11.8 Å². The molecule has 1 amide bonds. The van der Waals surface area contributed by atoms with Gasteiger partial charge >= 0.3 is 0 Å². The van der Waals surface area contributed by atoms with Gasteiger partial charge in [-0.15, -0.1) is 11.8 Å². The molecule has 1 atom stereocenters. The van der Waals surface area contributed by atoms with Gasteiger partial charge < -0.3 is 10.6 Å². The molecule has 2 fully saturated rings. The maximum absolute atomic E-state index is 12.0. The van der Waals surface area contributed by atoms with E-state index in [0.717, 1.165) is 24.8 Å². The summed E-state index contributed by atoms with van der Waals surface area (Å²) in [6, 6.07) is 0.449. The van der Waals surface area contributed by atoms with Crippen molar-refractivity contribution in [3.63, 3.8) is 0 Å². The number of nitrogens with one attached hydrogen (secondary N) is 2. The van der Waals surface area contributed by atoms with Gasteiger partial charge in [0, 0.05) is 6.04 Å². The molecule has 1 unspecified atom stereocenters. The van der Waals surface area contributed by atoms with Crippen molar-refractivity contribution in [2.75, 3.05) is 18.8 Å². The van der Waals surface area contributed by atoms with Crippen molar-refractivity contribution in [2.45, 2.75) is 50.3 Å². The van der Waals surface area contributed by atoms with E-state index < -0.39 is 0 Å². The zero-order valence-corrected chi connectivity index (χ0v) is 11.5. The van der Waals surface area contributed by atoms with Crippen molar-refractivity contribution in [2.24, 2.45) is 5.92 Å². The fraction of sp³-hybridized carbons (Fsp3) is 0.923. The molecule has 0 aromatic heterocycles. The molecule has 0 aromatic rings. The van der Waals surface area contributed by atoms with E-state index >= 15 is 0 Å². The maximum atomic E-state index is 12.0. The average Bonchev–Trinajstić information content (AvgIpc) is 2.28. The van der Waals surface area contributed by atoms with E-state index in [1.54, 1.807) is 11.8 Å². The van der Waals surface area contributed by atoms with Crippen molar-refractivity contribution in [1.29, 1.82) is 0 Å². The molecule has 2 aliphatic rings. The first kappa shape index (κ1) is 13.2. The van der Waals surface area contributed by atoms with Crippen molar-refractivity contribution >= 4 is 17.7 Å². The van der Waals surface area contributed by atoms with Crippen LogP contribution in [-0.4, -0.2) is 36.0 Å². The first-order valence-electron chi connectivity index (χ1n) is 6.88. The molecule has 1 aliphatic carbocycles. The first-order chi connectivity index (χ1) is 8.25. The van der Waals surface area contributed by atoms with Gasteiger partial charge in [-0.3, -0.25) is 4.79 Å². The summed E-state index contributed by atoms with van der Waals surface area (Å²) < 4.78 is 0. The Hall–Kier alpha value is -0.220. The van der Waals surface area contributed by atoms with Gasteiger partial charge in [0.15, 0.2) is 0 Å².